The predicted molar refractivity (Wildman–Crippen MR) is 75.5 cm³/mol. The van der Waals surface area contributed by atoms with Crippen LogP contribution in [0.5, 0.6) is 0 Å². The molecule has 114 valence electrons. The zero-order valence-corrected chi connectivity index (χ0v) is 11.8. The van der Waals surface area contributed by atoms with Crippen LogP contribution in [0, 0.1) is 10.1 Å². The van der Waals surface area contributed by atoms with Crippen molar-refractivity contribution in [1.29, 1.82) is 0 Å². The van der Waals surface area contributed by atoms with Gasteiger partial charge in [-0.15, -0.1) is 0 Å². The van der Waals surface area contributed by atoms with Crippen molar-refractivity contribution in [3.05, 3.63) is 27.9 Å². The van der Waals surface area contributed by atoms with Crippen molar-refractivity contribution < 1.29 is 14.5 Å². The molecule has 0 saturated carbocycles. The highest BCUT2D eigenvalue weighted by Crippen LogP contribution is 2.16. The number of carbonyl (C=O) groups excluding carboxylic acids is 2. The van der Waals surface area contributed by atoms with Gasteiger partial charge in [0.25, 0.3) is 11.6 Å². The van der Waals surface area contributed by atoms with E-state index in [2.05, 4.69) is 15.6 Å². The number of hydrogen-bond donors (Lipinski definition) is 3. The van der Waals surface area contributed by atoms with Gasteiger partial charge in [-0.2, -0.15) is 0 Å². The summed E-state index contributed by atoms with van der Waals surface area (Å²) in [6, 6.07) is 0.233. The van der Waals surface area contributed by atoms with Gasteiger partial charge in [0, 0.05) is 12.6 Å². The number of aromatic nitrogens is 1. The zero-order valence-electron chi connectivity index (χ0n) is 11.8. The van der Waals surface area contributed by atoms with Crippen LogP contribution >= 0.6 is 0 Å². The Bertz CT molecular complexity index is 561. The van der Waals surface area contributed by atoms with Crippen molar-refractivity contribution in [2.75, 3.05) is 12.3 Å². The number of nitro groups is 1. The van der Waals surface area contributed by atoms with Crippen LogP contribution < -0.4 is 16.4 Å². The Morgan fingerprint density at radius 2 is 2.19 bits per heavy atom. The highest BCUT2D eigenvalue weighted by molar-refractivity contribution is 6.01. The first-order valence-electron chi connectivity index (χ1n) is 6.35. The molecular formula is C12H17N5O4. The molecule has 4 N–H and O–H groups in total. The van der Waals surface area contributed by atoms with E-state index in [1.54, 1.807) is 0 Å². The average Bonchev–Trinajstić information content (AvgIpc) is 2.44. The van der Waals surface area contributed by atoms with Crippen LogP contribution in [-0.2, 0) is 4.79 Å². The average molecular weight is 295 g/mol. The molecule has 9 heteroatoms. The maximum Gasteiger partial charge on any atom is 0.288 e. The summed E-state index contributed by atoms with van der Waals surface area (Å²) >= 11 is 0. The number of nitrogens with two attached hydrogens (primary N) is 1. The van der Waals surface area contributed by atoms with Gasteiger partial charge in [-0.05, 0) is 13.3 Å². The number of rotatable bonds is 6. The van der Waals surface area contributed by atoms with E-state index < -0.39 is 16.9 Å². The van der Waals surface area contributed by atoms with Crippen molar-refractivity contribution in [1.82, 2.24) is 15.6 Å². The van der Waals surface area contributed by atoms with E-state index in [-0.39, 0.29) is 23.0 Å². The molecule has 0 aromatic carbocycles. The number of nitrogens with one attached hydrogen (secondary N) is 2. The lowest BCUT2D eigenvalue weighted by Crippen LogP contribution is -2.45. The molecule has 0 aliphatic heterocycles. The minimum atomic E-state index is -0.789. The van der Waals surface area contributed by atoms with Crippen molar-refractivity contribution in [3.8, 4) is 0 Å². The number of amides is 2. The van der Waals surface area contributed by atoms with Gasteiger partial charge in [-0.25, -0.2) is 4.98 Å². The van der Waals surface area contributed by atoms with Gasteiger partial charge in [-0.3, -0.25) is 19.7 Å². The Labute approximate surface area is 121 Å². The van der Waals surface area contributed by atoms with Crippen molar-refractivity contribution in [2.24, 2.45) is 0 Å². The van der Waals surface area contributed by atoms with E-state index >= 15 is 0 Å². The van der Waals surface area contributed by atoms with Crippen molar-refractivity contribution >= 4 is 23.3 Å². The molecule has 1 heterocycles. The fourth-order valence-corrected chi connectivity index (χ4v) is 1.49. The van der Waals surface area contributed by atoms with E-state index in [4.69, 9.17) is 5.73 Å². The first kappa shape index (κ1) is 16.3. The van der Waals surface area contributed by atoms with Crippen LogP contribution in [0.2, 0.25) is 0 Å². The minimum absolute atomic E-state index is 0.139. The van der Waals surface area contributed by atoms with E-state index in [0.717, 1.165) is 18.7 Å². The van der Waals surface area contributed by atoms with Gasteiger partial charge < -0.3 is 16.4 Å². The number of carbonyl (C=O) groups is 2. The molecule has 0 bridgehead atoms. The van der Waals surface area contributed by atoms with E-state index in [0.29, 0.717) is 6.54 Å². The van der Waals surface area contributed by atoms with Gasteiger partial charge in [0.1, 0.15) is 18.1 Å². The molecule has 0 aliphatic carbocycles. The molecule has 0 fully saturated rings. The summed E-state index contributed by atoms with van der Waals surface area (Å²) in [6.07, 6.45) is 1.73. The topological polar surface area (TPSA) is 140 Å². The third kappa shape index (κ3) is 4.41. The number of hydrogen-bond acceptors (Lipinski definition) is 6. The van der Waals surface area contributed by atoms with Gasteiger partial charge >= 0.3 is 0 Å². The van der Waals surface area contributed by atoms with Crippen LogP contribution in [0.3, 0.4) is 0 Å². The van der Waals surface area contributed by atoms with Crippen LogP contribution in [0.25, 0.3) is 0 Å². The minimum Gasteiger partial charge on any atom is -0.383 e. The molecular weight excluding hydrogens is 278 g/mol. The van der Waals surface area contributed by atoms with Gasteiger partial charge in [-0.1, -0.05) is 6.92 Å². The second-order valence-electron chi connectivity index (χ2n) is 4.37. The first-order chi connectivity index (χ1) is 9.86. The fraction of sp³-hybridized carbons (Fsp3) is 0.417. The highest BCUT2D eigenvalue weighted by Gasteiger charge is 2.20. The Morgan fingerprint density at radius 3 is 2.76 bits per heavy atom. The Hall–Kier alpha value is -2.71. The van der Waals surface area contributed by atoms with Gasteiger partial charge in [0.05, 0.1) is 10.5 Å². The summed E-state index contributed by atoms with van der Waals surface area (Å²) in [5, 5.41) is 15.7. The number of anilines is 1. The molecule has 0 radical (unpaired) electrons. The molecule has 1 unspecified atom stereocenters. The predicted octanol–water partition coefficient (Wildman–Crippen LogP) is 0.216. The van der Waals surface area contributed by atoms with Crippen LogP contribution in [-0.4, -0.2) is 34.3 Å². The second-order valence-corrected chi connectivity index (χ2v) is 4.37. The van der Waals surface area contributed by atoms with Gasteiger partial charge in [0.15, 0.2) is 0 Å². The lowest BCUT2D eigenvalue weighted by Gasteiger charge is -2.14. The molecule has 21 heavy (non-hydrogen) atoms. The summed E-state index contributed by atoms with van der Waals surface area (Å²) in [6.45, 7) is 3.91. The molecule has 9 nitrogen and oxygen atoms in total. The van der Waals surface area contributed by atoms with E-state index in [1.807, 2.05) is 6.92 Å². The Kier molecular flexibility index (Phi) is 5.58. The number of nitrogens with zero attached hydrogens (tertiary/aromatic N) is 2. The standard InChI is InChI=1S/C12H17N5O4/c1-3-4-14-11(18)7(2)16-12(19)9-5-8(17(20)21)6-15-10(9)13/h5-7H,3-4H2,1-2H3,(H2,13,15)(H,14,18)(H,16,19). The van der Waals surface area contributed by atoms with Crippen LogP contribution in [0.1, 0.15) is 30.6 Å². The number of pyridine rings is 1. The molecule has 0 aliphatic rings. The Morgan fingerprint density at radius 1 is 1.52 bits per heavy atom. The zero-order chi connectivity index (χ0) is 16.0. The third-order valence-corrected chi connectivity index (χ3v) is 2.65. The molecule has 1 atom stereocenters. The third-order valence-electron chi connectivity index (χ3n) is 2.65. The summed E-state index contributed by atoms with van der Waals surface area (Å²) in [5.74, 6) is -1.18. The fourth-order valence-electron chi connectivity index (χ4n) is 1.49. The summed E-state index contributed by atoms with van der Waals surface area (Å²) in [7, 11) is 0. The lowest BCUT2D eigenvalue weighted by atomic mass is 10.2. The van der Waals surface area contributed by atoms with Crippen LogP contribution in [0.15, 0.2) is 12.3 Å². The maximum absolute atomic E-state index is 12.0. The summed E-state index contributed by atoms with van der Waals surface area (Å²) in [5.41, 5.74) is 5.04. The molecule has 1 rings (SSSR count). The SMILES string of the molecule is CCCNC(=O)C(C)NC(=O)c1cc([N+](=O)[O-])cnc1N. The Balaban J connectivity index is 2.82. The second kappa shape index (κ2) is 7.17. The molecule has 0 spiro atoms. The monoisotopic (exact) mass is 295 g/mol. The summed E-state index contributed by atoms with van der Waals surface area (Å²) in [4.78, 5) is 37.2. The highest BCUT2D eigenvalue weighted by atomic mass is 16.6. The van der Waals surface area contributed by atoms with E-state index in [9.17, 15) is 19.7 Å². The van der Waals surface area contributed by atoms with Crippen molar-refractivity contribution in [2.45, 2.75) is 26.3 Å². The molecule has 0 saturated heterocycles. The molecule has 2 amide bonds. The smallest absolute Gasteiger partial charge is 0.288 e. The van der Waals surface area contributed by atoms with Crippen LogP contribution in [0.4, 0.5) is 11.5 Å². The lowest BCUT2D eigenvalue weighted by molar-refractivity contribution is -0.385. The largest absolute Gasteiger partial charge is 0.383 e. The summed E-state index contributed by atoms with van der Waals surface area (Å²) < 4.78 is 0. The van der Waals surface area contributed by atoms with Crippen molar-refractivity contribution in [3.63, 3.8) is 0 Å². The number of nitrogen functional groups attached to an aromatic ring is 1. The molecule has 1 aromatic heterocycles. The van der Waals surface area contributed by atoms with Gasteiger partial charge in [0.2, 0.25) is 5.91 Å². The quantitative estimate of drug-likeness (QED) is 0.506. The first-order valence-corrected chi connectivity index (χ1v) is 6.35. The molecule has 1 aromatic rings. The normalized spacial score (nSPS) is 11.5. The van der Waals surface area contributed by atoms with E-state index in [1.165, 1.54) is 6.92 Å². The maximum atomic E-state index is 12.0.